The number of carbonyl (C=O) groups is 2. The highest BCUT2D eigenvalue weighted by Crippen LogP contribution is 2.12. The van der Waals surface area contributed by atoms with Gasteiger partial charge in [-0.05, 0) is 30.7 Å². The van der Waals surface area contributed by atoms with E-state index in [2.05, 4.69) is 15.6 Å². The molecule has 2 amide bonds. The van der Waals surface area contributed by atoms with Gasteiger partial charge in [0, 0.05) is 25.2 Å². The molecule has 7 nitrogen and oxygen atoms in total. The summed E-state index contributed by atoms with van der Waals surface area (Å²) in [7, 11) is 0. The summed E-state index contributed by atoms with van der Waals surface area (Å²) in [4.78, 5) is 24.8. The lowest BCUT2D eigenvalue weighted by molar-refractivity contribution is -0.121. The smallest absolute Gasteiger partial charge is 0.265 e. The largest absolute Gasteiger partial charge is 0.492 e. The van der Waals surface area contributed by atoms with Gasteiger partial charge in [0.25, 0.3) is 5.91 Å². The number of amides is 2. The van der Waals surface area contributed by atoms with Crippen molar-refractivity contribution in [2.75, 3.05) is 32.8 Å². The average Bonchev–Trinajstić information content (AvgIpc) is 2.71. The molecule has 4 N–H and O–H groups in total. The molecule has 7 heteroatoms. The van der Waals surface area contributed by atoms with E-state index in [1.54, 1.807) is 24.3 Å². The minimum Gasteiger partial charge on any atom is -0.492 e. The maximum Gasteiger partial charge on any atom is 0.265 e. The molecule has 2 rings (SSSR count). The van der Waals surface area contributed by atoms with Crippen LogP contribution in [0.2, 0.25) is 0 Å². The van der Waals surface area contributed by atoms with Gasteiger partial charge in [0.05, 0.1) is 6.54 Å². The molecule has 0 aliphatic carbocycles. The SMILES string of the molecule is NNC(=O)c1ccc(OCCN2CCCNC(=O)C2)cc1. The zero-order valence-corrected chi connectivity index (χ0v) is 11.8. The lowest BCUT2D eigenvalue weighted by Crippen LogP contribution is -2.35. The third-order valence-corrected chi connectivity index (χ3v) is 3.26. The molecule has 0 unspecified atom stereocenters. The van der Waals surface area contributed by atoms with Crippen LogP contribution in [0.1, 0.15) is 16.8 Å². The van der Waals surface area contributed by atoms with Crippen LogP contribution in [-0.4, -0.2) is 49.5 Å². The number of benzene rings is 1. The van der Waals surface area contributed by atoms with Crippen molar-refractivity contribution in [3.8, 4) is 5.75 Å². The van der Waals surface area contributed by atoms with E-state index in [-0.39, 0.29) is 11.8 Å². The zero-order valence-electron chi connectivity index (χ0n) is 11.8. The first-order valence-electron chi connectivity index (χ1n) is 6.92. The first-order chi connectivity index (χ1) is 10.2. The van der Waals surface area contributed by atoms with Crippen molar-refractivity contribution in [3.63, 3.8) is 0 Å². The van der Waals surface area contributed by atoms with E-state index >= 15 is 0 Å². The molecule has 1 aliphatic rings. The summed E-state index contributed by atoms with van der Waals surface area (Å²) in [5.41, 5.74) is 2.55. The van der Waals surface area contributed by atoms with Gasteiger partial charge < -0.3 is 10.1 Å². The Kier molecular flexibility index (Phi) is 5.53. The minimum absolute atomic E-state index is 0.0599. The fraction of sp³-hybridized carbons (Fsp3) is 0.429. The molecule has 114 valence electrons. The molecule has 0 bridgehead atoms. The van der Waals surface area contributed by atoms with E-state index in [9.17, 15) is 9.59 Å². The molecule has 0 saturated carbocycles. The van der Waals surface area contributed by atoms with Crippen LogP contribution in [0, 0.1) is 0 Å². The van der Waals surface area contributed by atoms with E-state index in [1.165, 1.54) is 0 Å². The van der Waals surface area contributed by atoms with Gasteiger partial charge in [-0.25, -0.2) is 5.84 Å². The van der Waals surface area contributed by atoms with Crippen LogP contribution in [-0.2, 0) is 4.79 Å². The summed E-state index contributed by atoms with van der Waals surface area (Å²) < 4.78 is 5.62. The molecule has 1 aromatic carbocycles. The summed E-state index contributed by atoms with van der Waals surface area (Å²) in [6.07, 6.45) is 0.953. The number of hydrogen-bond acceptors (Lipinski definition) is 5. The molecule has 1 saturated heterocycles. The van der Waals surface area contributed by atoms with Crippen LogP contribution in [0.25, 0.3) is 0 Å². The Labute approximate surface area is 123 Å². The Balaban J connectivity index is 1.77. The summed E-state index contributed by atoms with van der Waals surface area (Å²) in [6, 6.07) is 6.74. The molecule has 0 atom stereocenters. The van der Waals surface area contributed by atoms with Crippen molar-refractivity contribution in [1.29, 1.82) is 0 Å². The van der Waals surface area contributed by atoms with E-state index in [4.69, 9.17) is 10.6 Å². The van der Waals surface area contributed by atoms with E-state index in [0.29, 0.717) is 31.0 Å². The van der Waals surface area contributed by atoms with Gasteiger partial charge in [-0.1, -0.05) is 0 Å². The van der Waals surface area contributed by atoms with Gasteiger partial charge in [-0.15, -0.1) is 0 Å². The van der Waals surface area contributed by atoms with Crippen molar-refractivity contribution >= 4 is 11.8 Å². The number of hydrogen-bond donors (Lipinski definition) is 3. The minimum atomic E-state index is -0.336. The summed E-state index contributed by atoms with van der Waals surface area (Å²) in [5, 5.41) is 2.84. The molecule has 1 aromatic rings. The number of nitrogen functional groups attached to an aromatic ring is 1. The van der Waals surface area contributed by atoms with Crippen LogP contribution in [0.4, 0.5) is 0 Å². The predicted octanol–water partition coefficient (Wildman–Crippen LogP) is -0.509. The number of ether oxygens (including phenoxy) is 1. The van der Waals surface area contributed by atoms with E-state index in [1.807, 2.05) is 0 Å². The van der Waals surface area contributed by atoms with Crippen molar-refractivity contribution in [3.05, 3.63) is 29.8 Å². The molecular formula is C14H20N4O3. The number of nitrogens with one attached hydrogen (secondary N) is 2. The lowest BCUT2D eigenvalue weighted by Gasteiger charge is -2.18. The fourth-order valence-electron chi connectivity index (χ4n) is 2.14. The third kappa shape index (κ3) is 4.73. The second-order valence-electron chi connectivity index (χ2n) is 4.83. The zero-order chi connectivity index (χ0) is 15.1. The Morgan fingerprint density at radius 2 is 2.14 bits per heavy atom. The molecular weight excluding hydrogens is 272 g/mol. The highest BCUT2D eigenvalue weighted by Gasteiger charge is 2.14. The number of carbonyl (C=O) groups excluding carboxylic acids is 2. The highest BCUT2D eigenvalue weighted by molar-refractivity contribution is 5.93. The van der Waals surface area contributed by atoms with Crippen molar-refractivity contribution in [2.45, 2.75) is 6.42 Å². The number of hydrazine groups is 1. The van der Waals surface area contributed by atoms with Gasteiger partial charge in [0.1, 0.15) is 12.4 Å². The molecule has 0 radical (unpaired) electrons. The second-order valence-corrected chi connectivity index (χ2v) is 4.83. The van der Waals surface area contributed by atoms with E-state index in [0.717, 1.165) is 19.5 Å². The van der Waals surface area contributed by atoms with Gasteiger partial charge in [0.2, 0.25) is 5.91 Å². The van der Waals surface area contributed by atoms with Crippen LogP contribution in [0.15, 0.2) is 24.3 Å². The number of nitrogens with zero attached hydrogens (tertiary/aromatic N) is 1. The number of rotatable bonds is 5. The highest BCUT2D eigenvalue weighted by atomic mass is 16.5. The maximum absolute atomic E-state index is 11.4. The monoisotopic (exact) mass is 292 g/mol. The molecule has 0 spiro atoms. The Hall–Kier alpha value is -2.12. The molecule has 1 aliphatic heterocycles. The standard InChI is InChI=1S/C14H20N4O3/c15-17-14(20)11-2-4-12(5-3-11)21-9-8-18-7-1-6-16-13(19)10-18/h2-5H,1,6-10,15H2,(H,16,19)(H,17,20). The molecule has 1 fully saturated rings. The molecule has 0 aromatic heterocycles. The lowest BCUT2D eigenvalue weighted by atomic mass is 10.2. The normalized spacial score (nSPS) is 16.0. The van der Waals surface area contributed by atoms with Crippen LogP contribution >= 0.6 is 0 Å². The molecule has 1 heterocycles. The molecule has 21 heavy (non-hydrogen) atoms. The Morgan fingerprint density at radius 3 is 2.86 bits per heavy atom. The van der Waals surface area contributed by atoms with Gasteiger partial charge in [0.15, 0.2) is 0 Å². The maximum atomic E-state index is 11.4. The number of nitrogens with two attached hydrogens (primary N) is 1. The Morgan fingerprint density at radius 1 is 1.38 bits per heavy atom. The van der Waals surface area contributed by atoms with Crippen LogP contribution in [0.5, 0.6) is 5.75 Å². The second kappa shape index (κ2) is 7.61. The topological polar surface area (TPSA) is 96.7 Å². The van der Waals surface area contributed by atoms with Crippen LogP contribution < -0.4 is 21.3 Å². The third-order valence-electron chi connectivity index (χ3n) is 3.26. The van der Waals surface area contributed by atoms with Crippen molar-refractivity contribution in [2.24, 2.45) is 5.84 Å². The average molecular weight is 292 g/mol. The fourth-order valence-corrected chi connectivity index (χ4v) is 2.14. The van der Waals surface area contributed by atoms with E-state index < -0.39 is 0 Å². The quantitative estimate of drug-likeness (QED) is 0.386. The van der Waals surface area contributed by atoms with Gasteiger partial charge in [-0.3, -0.25) is 19.9 Å². The van der Waals surface area contributed by atoms with Gasteiger partial charge >= 0.3 is 0 Å². The van der Waals surface area contributed by atoms with Crippen LogP contribution in [0.3, 0.4) is 0 Å². The Bertz CT molecular complexity index is 489. The van der Waals surface area contributed by atoms with Crippen molar-refractivity contribution in [1.82, 2.24) is 15.6 Å². The first-order valence-corrected chi connectivity index (χ1v) is 6.92. The van der Waals surface area contributed by atoms with Gasteiger partial charge in [-0.2, -0.15) is 0 Å². The predicted molar refractivity (Wildman–Crippen MR) is 77.7 cm³/mol. The summed E-state index contributed by atoms with van der Waals surface area (Å²) >= 11 is 0. The summed E-state index contributed by atoms with van der Waals surface area (Å²) in [6.45, 7) is 3.23. The first kappa shape index (κ1) is 15.3. The van der Waals surface area contributed by atoms with Crippen molar-refractivity contribution < 1.29 is 14.3 Å². The summed E-state index contributed by atoms with van der Waals surface area (Å²) in [5.74, 6) is 5.47.